The number of hydrogen-bond donors (Lipinski definition) is 0. The fraction of sp³-hybridized carbons (Fsp3) is 0.0820. The summed E-state index contributed by atoms with van der Waals surface area (Å²) in [4.78, 5) is 5.02. The summed E-state index contributed by atoms with van der Waals surface area (Å²) in [6.45, 7) is 9.27. The van der Waals surface area contributed by atoms with E-state index in [0.29, 0.717) is 0 Å². The van der Waals surface area contributed by atoms with E-state index in [1.54, 1.807) is 0 Å². The van der Waals surface area contributed by atoms with Crippen molar-refractivity contribution in [2.45, 2.75) is 33.1 Å². The van der Waals surface area contributed by atoms with Gasteiger partial charge < -0.3 is 14.4 Å². The van der Waals surface area contributed by atoms with Gasteiger partial charge in [0.1, 0.15) is 0 Å². The SMILES string of the molecule is Cc1ccccc1N(c1ccc2ccccc2c1)c1ccc2c(c1)c1c(N(c3ccc4ccccc4c3)c3ccccc3C)c3c(cc1n2-c1ccccc1)C(C)(C)c1ccccc1-3. The Morgan fingerprint density at radius 3 is 1.58 bits per heavy atom. The Labute approximate surface area is 374 Å². The lowest BCUT2D eigenvalue weighted by molar-refractivity contribution is 0.661. The van der Waals surface area contributed by atoms with E-state index in [2.05, 4.69) is 254 Å². The summed E-state index contributed by atoms with van der Waals surface area (Å²) in [5.74, 6) is 0. The minimum Gasteiger partial charge on any atom is -0.310 e. The van der Waals surface area contributed by atoms with E-state index < -0.39 is 0 Å². The summed E-state index contributed by atoms with van der Waals surface area (Å²) in [5, 5.41) is 7.28. The molecule has 1 aliphatic rings. The molecule has 0 atom stereocenters. The van der Waals surface area contributed by atoms with Gasteiger partial charge in [0.05, 0.1) is 16.7 Å². The van der Waals surface area contributed by atoms with Gasteiger partial charge in [0, 0.05) is 55.9 Å². The first kappa shape index (κ1) is 37.8. The van der Waals surface area contributed by atoms with Gasteiger partial charge >= 0.3 is 0 Å². The van der Waals surface area contributed by atoms with Crippen LogP contribution < -0.4 is 9.80 Å². The number of nitrogens with zero attached hydrogens (tertiary/aromatic N) is 3. The van der Waals surface area contributed by atoms with Crippen molar-refractivity contribution < 1.29 is 0 Å². The van der Waals surface area contributed by atoms with Gasteiger partial charge in [-0.2, -0.15) is 0 Å². The van der Waals surface area contributed by atoms with Crippen LogP contribution in [0.2, 0.25) is 0 Å². The highest BCUT2D eigenvalue weighted by atomic mass is 15.2. The number of benzene rings is 10. The molecule has 0 unspecified atom stereocenters. The molecule has 0 saturated carbocycles. The number of rotatable bonds is 7. The van der Waals surface area contributed by atoms with Crippen LogP contribution in [0.15, 0.2) is 212 Å². The Kier molecular flexibility index (Phi) is 8.64. The summed E-state index contributed by atoms with van der Waals surface area (Å²) in [6.07, 6.45) is 0. The topological polar surface area (TPSA) is 11.4 Å². The Morgan fingerprint density at radius 2 is 0.922 bits per heavy atom. The third-order valence-electron chi connectivity index (χ3n) is 13.7. The third-order valence-corrected chi connectivity index (χ3v) is 13.7. The van der Waals surface area contributed by atoms with E-state index in [9.17, 15) is 0 Å². The minimum atomic E-state index is -0.253. The summed E-state index contributed by atoms with van der Waals surface area (Å²) in [7, 11) is 0. The molecule has 0 amide bonds. The second kappa shape index (κ2) is 14.6. The highest BCUT2D eigenvalue weighted by Crippen LogP contribution is 2.59. The molecule has 64 heavy (non-hydrogen) atoms. The molecule has 3 heteroatoms. The molecule has 0 bridgehead atoms. The molecule has 10 aromatic carbocycles. The van der Waals surface area contributed by atoms with Gasteiger partial charge in [-0.3, -0.25) is 0 Å². The van der Waals surface area contributed by atoms with E-state index in [4.69, 9.17) is 0 Å². The number of para-hydroxylation sites is 3. The van der Waals surface area contributed by atoms with Crippen molar-refractivity contribution in [3.63, 3.8) is 0 Å². The molecule has 12 rings (SSSR count). The molecule has 3 nitrogen and oxygen atoms in total. The standard InChI is InChI=1S/C61H47N3/c1-40-18-8-16-28-54(40)62(47-32-30-42-20-10-12-22-44(42)36-47)49-34-35-56-51(38-49)59-57(63(56)46-24-6-5-7-25-46)39-53-58(50-26-14-15-27-52(50)61(53,3)4)60(59)64(55-29-17-9-19-41(55)2)48-33-31-43-21-11-13-23-45(43)37-48/h5-39H,1-4H3. The Balaban J connectivity index is 1.26. The van der Waals surface area contributed by atoms with Crippen LogP contribution in [0.5, 0.6) is 0 Å². The molecule has 0 radical (unpaired) electrons. The second-order valence-electron chi connectivity index (χ2n) is 17.9. The molecule has 306 valence electrons. The van der Waals surface area contributed by atoms with E-state index in [0.717, 1.165) is 39.6 Å². The normalized spacial score (nSPS) is 12.8. The molecule has 11 aromatic rings. The molecular formula is C61H47N3. The van der Waals surface area contributed by atoms with Crippen molar-refractivity contribution >= 4 is 77.5 Å². The molecule has 1 aromatic heterocycles. The predicted molar refractivity (Wildman–Crippen MR) is 272 cm³/mol. The van der Waals surface area contributed by atoms with Gasteiger partial charge in [0.25, 0.3) is 0 Å². The number of hydrogen-bond acceptors (Lipinski definition) is 2. The zero-order valence-corrected chi connectivity index (χ0v) is 36.5. The van der Waals surface area contributed by atoms with Crippen LogP contribution in [-0.4, -0.2) is 4.57 Å². The number of fused-ring (bicyclic) bond motifs is 8. The van der Waals surface area contributed by atoms with Gasteiger partial charge in [0.15, 0.2) is 0 Å². The van der Waals surface area contributed by atoms with Crippen LogP contribution >= 0.6 is 0 Å². The van der Waals surface area contributed by atoms with Crippen molar-refractivity contribution in [1.29, 1.82) is 0 Å². The maximum atomic E-state index is 2.57. The van der Waals surface area contributed by atoms with Crippen molar-refractivity contribution in [3.05, 3.63) is 235 Å². The zero-order valence-electron chi connectivity index (χ0n) is 36.5. The summed E-state index contributed by atoms with van der Waals surface area (Å²) >= 11 is 0. The molecule has 0 N–H and O–H groups in total. The van der Waals surface area contributed by atoms with E-state index in [1.807, 2.05) is 0 Å². The summed E-state index contributed by atoms with van der Waals surface area (Å²) < 4.78 is 2.50. The Morgan fingerprint density at radius 1 is 0.406 bits per heavy atom. The maximum absolute atomic E-state index is 2.57. The van der Waals surface area contributed by atoms with Crippen LogP contribution in [0.3, 0.4) is 0 Å². The van der Waals surface area contributed by atoms with E-state index in [-0.39, 0.29) is 5.41 Å². The van der Waals surface area contributed by atoms with Crippen LogP contribution in [0.4, 0.5) is 34.1 Å². The van der Waals surface area contributed by atoms with Gasteiger partial charge in [-0.05, 0) is 136 Å². The van der Waals surface area contributed by atoms with Crippen molar-refractivity contribution in [2.24, 2.45) is 0 Å². The summed E-state index contributed by atoms with van der Waals surface area (Å²) in [6, 6.07) is 78.5. The second-order valence-corrected chi connectivity index (χ2v) is 17.9. The molecule has 0 fully saturated rings. The number of aryl methyl sites for hydroxylation is 2. The first-order valence-corrected chi connectivity index (χ1v) is 22.4. The molecule has 1 aliphatic carbocycles. The highest BCUT2D eigenvalue weighted by Gasteiger charge is 2.40. The Bertz CT molecular complexity index is 3630. The minimum absolute atomic E-state index is 0.253. The van der Waals surface area contributed by atoms with Crippen molar-refractivity contribution in [2.75, 3.05) is 9.80 Å². The fourth-order valence-electron chi connectivity index (χ4n) is 10.6. The molecule has 0 aliphatic heterocycles. The van der Waals surface area contributed by atoms with Crippen LogP contribution in [-0.2, 0) is 5.41 Å². The lowest BCUT2D eigenvalue weighted by Gasteiger charge is -2.31. The first-order chi connectivity index (χ1) is 31.3. The van der Waals surface area contributed by atoms with Gasteiger partial charge in [-0.1, -0.05) is 153 Å². The van der Waals surface area contributed by atoms with Crippen LogP contribution in [0.1, 0.15) is 36.1 Å². The van der Waals surface area contributed by atoms with Crippen molar-refractivity contribution in [1.82, 2.24) is 4.57 Å². The van der Waals surface area contributed by atoms with Crippen LogP contribution in [0.25, 0.3) is 60.2 Å². The molecule has 0 saturated heterocycles. The monoisotopic (exact) mass is 821 g/mol. The molecular weight excluding hydrogens is 775 g/mol. The smallest absolute Gasteiger partial charge is 0.0643 e. The molecule has 1 heterocycles. The quantitative estimate of drug-likeness (QED) is 0.159. The van der Waals surface area contributed by atoms with Crippen molar-refractivity contribution in [3.8, 4) is 16.8 Å². The largest absolute Gasteiger partial charge is 0.310 e. The lowest BCUT2D eigenvalue weighted by atomic mass is 9.82. The lowest BCUT2D eigenvalue weighted by Crippen LogP contribution is -2.17. The fourth-order valence-corrected chi connectivity index (χ4v) is 10.6. The van der Waals surface area contributed by atoms with E-state index in [1.165, 1.54) is 76.9 Å². The average molecular weight is 822 g/mol. The summed E-state index contributed by atoms with van der Waals surface area (Å²) in [5.41, 5.74) is 17.7. The van der Waals surface area contributed by atoms with Gasteiger partial charge in [-0.15, -0.1) is 0 Å². The maximum Gasteiger partial charge on any atom is 0.0643 e. The number of anilines is 6. The third kappa shape index (κ3) is 5.81. The zero-order chi connectivity index (χ0) is 43.1. The van der Waals surface area contributed by atoms with Gasteiger partial charge in [0.2, 0.25) is 0 Å². The van der Waals surface area contributed by atoms with Crippen LogP contribution in [0, 0.1) is 13.8 Å². The first-order valence-electron chi connectivity index (χ1n) is 22.4. The number of aromatic nitrogens is 1. The Hall–Kier alpha value is -7.88. The highest BCUT2D eigenvalue weighted by molar-refractivity contribution is 6.22. The molecule has 0 spiro atoms. The predicted octanol–water partition coefficient (Wildman–Crippen LogP) is 17.0. The average Bonchev–Trinajstić information content (AvgIpc) is 3.78. The van der Waals surface area contributed by atoms with Gasteiger partial charge in [-0.25, -0.2) is 0 Å². The van der Waals surface area contributed by atoms with E-state index >= 15 is 0 Å².